The van der Waals surface area contributed by atoms with Gasteiger partial charge in [-0.1, -0.05) is 18.2 Å². The molecule has 5 nitrogen and oxygen atoms in total. The number of sulfone groups is 1. The maximum absolute atomic E-state index is 12.9. The molecule has 0 aliphatic rings. The number of amides is 1. The summed E-state index contributed by atoms with van der Waals surface area (Å²) in [6, 6.07) is 18.4. The van der Waals surface area contributed by atoms with Gasteiger partial charge < -0.3 is 9.64 Å². The van der Waals surface area contributed by atoms with E-state index in [0.717, 1.165) is 17.0 Å². The van der Waals surface area contributed by atoms with Crippen LogP contribution in [0.5, 0.6) is 5.75 Å². The number of carbonyl (C=O) groups is 1. The highest BCUT2D eigenvalue weighted by molar-refractivity contribution is 7.93. The predicted octanol–water partition coefficient (Wildman–Crippen LogP) is 4.26. The molecule has 0 unspecified atom stereocenters. The Morgan fingerprint density at radius 1 is 1.00 bits per heavy atom. The van der Waals surface area contributed by atoms with Gasteiger partial charge in [-0.05, 0) is 55.5 Å². The average Bonchev–Trinajstić information content (AvgIpc) is 3.21. The normalized spacial score (nSPS) is 11.2. The van der Waals surface area contributed by atoms with Crippen molar-refractivity contribution >= 4 is 32.8 Å². The van der Waals surface area contributed by atoms with Crippen molar-refractivity contribution < 1.29 is 17.9 Å². The number of rotatable bonds is 6. The molecule has 1 amide bonds. The molecule has 3 rings (SSSR count). The largest absolute Gasteiger partial charge is 0.497 e. The summed E-state index contributed by atoms with van der Waals surface area (Å²) in [5.74, 6) is 0.469. The molecule has 1 heterocycles. The molecule has 0 saturated heterocycles. The van der Waals surface area contributed by atoms with Crippen LogP contribution in [0.1, 0.15) is 16.6 Å². The number of hydrogen-bond donors (Lipinski definition) is 0. The van der Waals surface area contributed by atoms with E-state index in [1.807, 2.05) is 6.92 Å². The number of carbonyl (C=O) groups excluding carboxylic acids is 1. The molecule has 0 aliphatic carbocycles. The van der Waals surface area contributed by atoms with Crippen LogP contribution in [-0.2, 0) is 9.84 Å². The number of hydrogen-bond acceptors (Lipinski definition) is 5. The number of ether oxygens (including phenoxy) is 1. The van der Waals surface area contributed by atoms with Crippen LogP contribution in [0.15, 0.2) is 75.8 Å². The van der Waals surface area contributed by atoms with E-state index in [9.17, 15) is 13.2 Å². The summed E-state index contributed by atoms with van der Waals surface area (Å²) < 4.78 is 30.7. The fourth-order valence-electron chi connectivity index (χ4n) is 2.63. The minimum absolute atomic E-state index is 0.155. The Morgan fingerprint density at radius 3 is 2.26 bits per heavy atom. The molecule has 7 heteroatoms. The minimum Gasteiger partial charge on any atom is -0.497 e. The number of anilines is 1. The molecular formula is C20H19NO4S2. The lowest BCUT2D eigenvalue weighted by Crippen LogP contribution is -2.29. The molecule has 2 aromatic carbocycles. The number of methoxy groups -OCH3 is 1. The summed E-state index contributed by atoms with van der Waals surface area (Å²) in [4.78, 5) is 15.1. The van der Waals surface area contributed by atoms with E-state index < -0.39 is 9.84 Å². The molecule has 0 fully saturated rings. The van der Waals surface area contributed by atoms with E-state index >= 15 is 0 Å². The molecule has 0 radical (unpaired) electrons. The fraction of sp³-hybridized carbons (Fsp3) is 0.150. The van der Waals surface area contributed by atoms with E-state index in [1.54, 1.807) is 72.7 Å². The Bertz CT molecular complexity index is 1030. The van der Waals surface area contributed by atoms with Gasteiger partial charge >= 0.3 is 0 Å². The van der Waals surface area contributed by atoms with Gasteiger partial charge in [-0.3, -0.25) is 4.79 Å². The Labute approximate surface area is 162 Å². The highest BCUT2D eigenvalue weighted by Gasteiger charge is 2.24. The van der Waals surface area contributed by atoms with Gasteiger partial charge in [0.2, 0.25) is 9.84 Å². The van der Waals surface area contributed by atoms with E-state index in [4.69, 9.17) is 4.74 Å². The SMILES string of the molecule is CCN(C(=O)c1ccc(S(=O)(=O)c2ccccc2)s1)c1ccc(OC)cc1. The molecule has 3 aromatic rings. The zero-order chi connectivity index (χ0) is 19.4. The van der Waals surface area contributed by atoms with Crippen LogP contribution < -0.4 is 9.64 Å². The first-order valence-electron chi connectivity index (χ1n) is 8.33. The van der Waals surface area contributed by atoms with E-state index in [1.165, 1.54) is 6.07 Å². The van der Waals surface area contributed by atoms with Gasteiger partial charge in [-0.2, -0.15) is 0 Å². The maximum atomic E-state index is 12.9. The van der Waals surface area contributed by atoms with Crippen molar-refractivity contribution in [2.45, 2.75) is 16.0 Å². The number of nitrogens with zero attached hydrogens (tertiary/aromatic N) is 1. The smallest absolute Gasteiger partial charge is 0.268 e. The Morgan fingerprint density at radius 2 is 1.67 bits per heavy atom. The van der Waals surface area contributed by atoms with E-state index in [0.29, 0.717) is 17.2 Å². The minimum atomic E-state index is -3.63. The van der Waals surface area contributed by atoms with Crippen LogP contribution in [0.4, 0.5) is 5.69 Å². The van der Waals surface area contributed by atoms with E-state index in [-0.39, 0.29) is 15.0 Å². The van der Waals surface area contributed by atoms with Crippen molar-refractivity contribution in [2.24, 2.45) is 0 Å². The third-order valence-corrected chi connectivity index (χ3v) is 7.39. The molecule has 0 spiro atoms. The Balaban J connectivity index is 1.89. The zero-order valence-corrected chi connectivity index (χ0v) is 16.6. The van der Waals surface area contributed by atoms with Gasteiger partial charge in [-0.25, -0.2) is 8.42 Å². The van der Waals surface area contributed by atoms with Gasteiger partial charge in [0, 0.05) is 12.2 Å². The van der Waals surface area contributed by atoms with Crippen molar-refractivity contribution in [1.82, 2.24) is 0 Å². The van der Waals surface area contributed by atoms with Crippen molar-refractivity contribution in [3.8, 4) is 5.75 Å². The van der Waals surface area contributed by atoms with Gasteiger partial charge in [0.1, 0.15) is 9.96 Å². The Kier molecular flexibility index (Phi) is 5.62. The highest BCUT2D eigenvalue weighted by Crippen LogP contribution is 2.29. The third kappa shape index (κ3) is 3.89. The summed E-state index contributed by atoms with van der Waals surface area (Å²) in [5.41, 5.74) is 0.726. The second-order valence-corrected chi connectivity index (χ2v) is 8.94. The summed E-state index contributed by atoms with van der Waals surface area (Å²) in [5, 5.41) is 0. The summed E-state index contributed by atoms with van der Waals surface area (Å²) in [6.45, 7) is 2.33. The molecule has 0 saturated carbocycles. The monoisotopic (exact) mass is 401 g/mol. The van der Waals surface area contributed by atoms with Crippen LogP contribution in [-0.4, -0.2) is 28.0 Å². The van der Waals surface area contributed by atoms with Crippen LogP contribution in [0, 0.1) is 0 Å². The molecular weight excluding hydrogens is 382 g/mol. The number of benzene rings is 2. The van der Waals surface area contributed by atoms with Crippen molar-refractivity contribution in [3.63, 3.8) is 0 Å². The van der Waals surface area contributed by atoms with Gasteiger partial charge in [0.25, 0.3) is 5.91 Å². The molecule has 0 bridgehead atoms. The first-order valence-corrected chi connectivity index (χ1v) is 10.6. The summed E-state index contributed by atoms with van der Waals surface area (Å²) in [7, 11) is -2.05. The molecule has 0 aliphatic heterocycles. The van der Waals surface area contributed by atoms with Crippen LogP contribution >= 0.6 is 11.3 Å². The topological polar surface area (TPSA) is 63.7 Å². The first kappa shape index (κ1) is 19.1. The van der Waals surface area contributed by atoms with Gasteiger partial charge in [0.05, 0.1) is 16.9 Å². The van der Waals surface area contributed by atoms with Crippen molar-refractivity contribution in [1.29, 1.82) is 0 Å². The third-order valence-electron chi connectivity index (χ3n) is 4.06. The van der Waals surface area contributed by atoms with Crippen LogP contribution in [0.3, 0.4) is 0 Å². The average molecular weight is 402 g/mol. The Hall–Kier alpha value is -2.64. The van der Waals surface area contributed by atoms with Crippen LogP contribution in [0.2, 0.25) is 0 Å². The predicted molar refractivity (Wildman–Crippen MR) is 107 cm³/mol. The lowest BCUT2D eigenvalue weighted by molar-refractivity contribution is 0.0992. The lowest BCUT2D eigenvalue weighted by atomic mass is 10.2. The molecule has 0 N–H and O–H groups in total. The fourth-order valence-corrected chi connectivity index (χ4v) is 5.31. The molecule has 1 aromatic heterocycles. The molecule has 0 atom stereocenters. The van der Waals surface area contributed by atoms with Gasteiger partial charge in [0.15, 0.2) is 0 Å². The zero-order valence-electron chi connectivity index (χ0n) is 15.0. The quantitative estimate of drug-likeness (QED) is 0.619. The summed E-state index contributed by atoms with van der Waals surface area (Å²) >= 11 is 0.985. The highest BCUT2D eigenvalue weighted by atomic mass is 32.2. The summed E-state index contributed by atoms with van der Waals surface area (Å²) in [6.07, 6.45) is 0. The maximum Gasteiger partial charge on any atom is 0.268 e. The second-order valence-electron chi connectivity index (χ2n) is 5.68. The van der Waals surface area contributed by atoms with Crippen molar-refractivity contribution in [3.05, 3.63) is 71.6 Å². The second kappa shape index (κ2) is 7.94. The van der Waals surface area contributed by atoms with Crippen LogP contribution in [0.25, 0.3) is 0 Å². The number of thiophene rings is 1. The van der Waals surface area contributed by atoms with Crippen molar-refractivity contribution in [2.75, 3.05) is 18.6 Å². The first-order chi connectivity index (χ1) is 13.0. The molecule has 27 heavy (non-hydrogen) atoms. The standard InChI is InChI=1S/C20H19NO4S2/c1-3-21(15-9-11-16(25-2)12-10-15)20(22)18-13-14-19(26-18)27(23,24)17-7-5-4-6-8-17/h4-14H,3H2,1-2H3. The van der Waals surface area contributed by atoms with Gasteiger partial charge in [-0.15, -0.1) is 11.3 Å². The molecule has 140 valence electrons. The van der Waals surface area contributed by atoms with E-state index in [2.05, 4.69) is 0 Å². The lowest BCUT2D eigenvalue weighted by Gasteiger charge is -2.20.